The van der Waals surface area contributed by atoms with Crippen LogP contribution in [0.1, 0.15) is 26.7 Å². The molecule has 1 rings (SSSR count). The van der Waals surface area contributed by atoms with Crippen molar-refractivity contribution in [2.24, 2.45) is 0 Å². The van der Waals surface area contributed by atoms with Crippen LogP contribution < -0.4 is 10.6 Å². The van der Waals surface area contributed by atoms with Crippen LogP contribution in [-0.2, 0) is 0 Å². The second-order valence-corrected chi connectivity index (χ2v) is 3.30. The number of hydrogen-bond acceptors (Lipinski definition) is 4. The van der Waals surface area contributed by atoms with Gasteiger partial charge in [0.25, 0.3) is 0 Å². The van der Waals surface area contributed by atoms with Crippen molar-refractivity contribution in [3.05, 3.63) is 12.0 Å². The van der Waals surface area contributed by atoms with E-state index in [1.54, 1.807) is 7.05 Å². The van der Waals surface area contributed by atoms with Gasteiger partial charge < -0.3 is 10.6 Å². The van der Waals surface area contributed by atoms with E-state index in [2.05, 4.69) is 34.4 Å². The van der Waals surface area contributed by atoms with Crippen molar-refractivity contribution in [2.45, 2.75) is 32.7 Å². The Hall–Kier alpha value is -1.39. The largest absolute Gasteiger partial charge is 0.365 e. The Balaban J connectivity index is 2.82. The maximum Gasteiger partial charge on any atom is 0.224 e. The van der Waals surface area contributed by atoms with E-state index >= 15 is 0 Å². The fraction of sp³-hybridized carbons (Fsp3) is 0.600. The summed E-state index contributed by atoms with van der Waals surface area (Å²) in [5.74, 6) is 0.272. The zero-order chi connectivity index (χ0) is 11.3. The quantitative estimate of drug-likeness (QED) is 0.786. The third-order valence-corrected chi connectivity index (χ3v) is 2.29. The van der Waals surface area contributed by atoms with Crippen molar-refractivity contribution >= 4 is 11.8 Å². The second kappa shape index (κ2) is 5.48. The maximum absolute atomic E-state index is 13.3. The van der Waals surface area contributed by atoms with E-state index < -0.39 is 5.82 Å². The lowest BCUT2D eigenvalue weighted by atomic mass is 10.2. The molecule has 0 radical (unpaired) electrons. The van der Waals surface area contributed by atoms with Gasteiger partial charge in [0.15, 0.2) is 11.6 Å². The van der Waals surface area contributed by atoms with E-state index in [-0.39, 0.29) is 11.9 Å². The van der Waals surface area contributed by atoms with Crippen molar-refractivity contribution < 1.29 is 4.39 Å². The van der Waals surface area contributed by atoms with E-state index in [0.717, 1.165) is 12.8 Å². The van der Waals surface area contributed by atoms with Gasteiger partial charge in [-0.15, -0.1) is 0 Å². The highest BCUT2D eigenvalue weighted by atomic mass is 19.1. The molecule has 0 aliphatic carbocycles. The predicted molar refractivity (Wildman–Crippen MR) is 59.5 cm³/mol. The van der Waals surface area contributed by atoms with E-state index in [9.17, 15) is 4.39 Å². The van der Waals surface area contributed by atoms with Crippen molar-refractivity contribution in [3.8, 4) is 0 Å². The molecule has 1 aromatic rings. The summed E-state index contributed by atoms with van der Waals surface area (Å²) in [5, 5.41) is 5.83. The molecule has 0 spiro atoms. The molecule has 84 valence electrons. The molecule has 0 aromatic carbocycles. The number of hydrogen-bond donors (Lipinski definition) is 2. The highest BCUT2D eigenvalue weighted by Gasteiger charge is 2.09. The topological polar surface area (TPSA) is 49.8 Å². The standard InChI is InChI=1S/C10H17FN4/c1-4-7(5-2)14-9-8(11)6-13-10(12-3)15-9/h6-7H,4-5H2,1-3H3,(H2,12,13,14,15). The smallest absolute Gasteiger partial charge is 0.224 e. The molecule has 4 nitrogen and oxygen atoms in total. The molecule has 0 aliphatic rings. The van der Waals surface area contributed by atoms with Gasteiger partial charge in [-0.25, -0.2) is 9.37 Å². The van der Waals surface area contributed by atoms with Crippen LogP contribution in [0.5, 0.6) is 0 Å². The molecule has 1 heterocycles. The minimum Gasteiger partial charge on any atom is -0.365 e. The molecule has 0 saturated heterocycles. The fourth-order valence-corrected chi connectivity index (χ4v) is 1.27. The Bertz CT molecular complexity index is 312. The minimum atomic E-state index is -0.416. The minimum absolute atomic E-state index is 0.249. The van der Waals surface area contributed by atoms with E-state index in [1.807, 2.05) is 0 Å². The summed E-state index contributed by atoms with van der Waals surface area (Å²) in [7, 11) is 1.70. The fourth-order valence-electron chi connectivity index (χ4n) is 1.27. The third kappa shape index (κ3) is 3.04. The van der Waals surface area contributed by atoms with Gasteiger partial charge in [-0.2, -0.15) is 4.98 Å². The highest BCUT2D eigenvalue weighted by molar-refractivity contribution is 5.41. The van der Waals surface area contributed by atoms with Gasteiger partial charge in [0.1, 0.15) is 0 Å². The molecule has 0 bridgehead atoms. The molecule has 1 aromatic heterocycles. The zero-order valence-corrected chi connectivity index (χ0v) is 9.34. The summed E-state index contributed by atoms with van der Waals surface area (Å²) in [5.41, 5.74) is 0. The molecule has 0 aliphatic heterocycles. The van der Waals surface area contributed by atoms with Crippen LogP contribution >= 0.6 is 0 Å². The number of rotatable bonds is 5. The first kappa shape index (κ1) is 11.7. The SMILES string of the molecule is CCC(CC)Nc1nc(NC)ncc1F. The van der Waals surface area contributed by atoms with Gasteiger partial charge in [0, 0.05) is 13.1 Å². The normalized spacial score (nSPS) is 10.5. The van der Waals surface area contributed by atoms with Crippen LogP contribution in [0.4, 0.5) is 16.2 Å². The first-order chi connectivity index (χ1) is 7.21. The summed E-state index contributed by atoms with van der Waals surface area (Å²) < 4.78 is 13.3. The van der Waals surface area contributed by atoms with Gasteiger partial charge in [0.2, 0.25) is 5.95 Å². The summed E-state index contributed by atoms with van der Waals surface area (Å²) in [4.78, 5) is 7.80. The summed E-state index contributed by atoms with van der Waals surface area (Å²) in [6, 6.07) is 0.249. The van der Waals surface area contributed by atoms with Crippen LogP contribution in [0.15, 0.2) is 6.20 Å². The van der Waals surface area contributed by atoms with Gasteiger partial charge in [0.05, 0.1) is 6.20 Å². The van der Waals surface area contributed by atoms with E-state index in [4.69, 9.17) is 0 Å². The van der Waals surface area contributed by atoms with Crippen molar-refractivity contribution in [2.75, 3.05) is 17.7 Å². The molecule has 0 fully saturated rings. The average Bonchev–Trinajstić information content (AvgIpc) is 2.28. The van der Waals surface area contributed by atoms with Crippen LogP contribution in [0.25, 0.3) is 0 Å². The second-order valence-electron chi connectivity index (χ2n) is 3.30. The lowest BCUT2D eigenvalue weighted by molar-refractivity contribution is 0.602. The molecule has 2 N–H and O–H groups in total. The summed E-state index contributed by atoms with van der Waals surface area (Å²) in [6.07, 6.45) is 3.05. The molecular weight excluding hydrogens is 195 g/mol. The van der Waals surface area contributed by atoms with E-state index in [0.29, 0.717) is 5.95 Å². The monoisotopic (exact) mass is 212 g/mol. The maximum atomic E-state index is 13.3. The van der Waals surface area contributed by atoms with Crippen LogP contribution in [0, 0.1) is 5.82 Å². The molecule has 0 saturated carbocycles. The highest BCUT2D eigenvalue weighted by Crippen LogP contribution is 2.14. The number of nitrogens with one attached hydrogen (secondary N) is 2. The Morgan fingerprint density at radius 2 is 2.07 bits per heavy atom. The van der Waals surface area contributed by atoms with Gasteiger partial charge in [-0.3, -0.25) is 0 Å². The Labute approximate surface area is 89.3 Å². The van der Waals surface area contributed by atoms with Crippen LogP contribution in [-0.4, -0.2) is 23.1 Å². The van der Waals surface area contributed by atoms with Crippen molar-refractivity contribution in [1.82, 2.24) is 9.97 Å². The van der Waals surface area contributed by atoms with Crippen molar-refractivity contribution in [1.29, 1.82) is 0 Å². The van der Waals surface area contributed by atoms with Crippen molar-refractivity contribution in [3.63, 3.8) is 0 Å². The Morgan fingerprint density at radius 1 is 1.40 bits per heavy atom. The molecule has 0 unspecified atom stereocenters. The molecule has 15 heavy (non-hydrogen) atoms. The number of anilines is 2. The first-order valence-corrected chi connectivity index (χ1v) is 5.18. The summed E-state index contributed by atoms with van der Waals surface area (Å²) >= 11 is 0. The van der Waals surface area contributed by atoms with Crippen LogP contribution in [0.2, 0.25) is 0 Å². The van der Waals surface area contributed by atoms with Gasteiger partial charge in [-0.05, 0) is 12.8 Å². The van der Waals surface area contributed by atoms with E-state index in [1.165, 1.54) is 6.20 Å². The van der Waals surface area contributed by atoms with Gasteiger partial charge >= 0.3 is 0 Å². The Kier molecular flexibility index (Phi) is 4.27. The van der Waals surface area contributed by atoms with Crippen LogP contribution in [0.3, 0.4) is 0 Å². The van der Waals surface area contributed by atoms with Gasteiger partial charge in [-0.1, -0.05) is 13.8 Å². The number of halogens is 1. The summed E-state index contributed by atoms with van der Waals surface area (Å²) in [6.45, 7) is 4.11. The molecular formula is C10H17FN4. The lowest BCUT2D eigenvalue weighted by Crippen LogP contribution is -2.19. The predicted octanol–water partition coefficient (Wildman–Crippen LogP) is 2.26. The lowest BCUT2D eigenvalue weighted by Gasteiger charge is -2.15. The third-order valence-electron chi connectivity index (χ3n) is 2.29. The number of nitrogens with zero attached hydrogens (tertiary/aromatic N) is 2. The number of aromatic nitrogens is 2. The molecule has 5 heteroatoms. The zero-order valence-electron chi connectivity index (χ0n) is 9.34. The average molecular weight is 212 g/mol. The molecule has 0 amide bonds. The Morgan fingerprint density at radius 3 is 2.60 bits per heavy atom. The first-order valence-electron chi connectivity index (χ1n) is 5.18. The molecule has 0 atom stereocenters.